The van der Waals surface area contributed by atoms with E-state index in [0.717, 1.165) is 19.4 Å². The molecule has 8 heteroatoms. The Morgan fingerprint density at radius 3 is 1.90 bits per heavy atom. The molecule has 3 aliphatic rings. The second-order valence-electron chi connectivity index (χ2n) is 10.1. The van der Waals surface area contributed by atoms with Crippen LogP contribution in [0.1, 0.15) is 53.4 Å². The third-order valence-corrected chi connectivity index (χ3v) is 7.79. The lowest BCUT2D eigenvalue weighted by atomic mass is 9.64. The van der Waals surface area contributed by atoms with Gasteiger partial charge in [-0.25, -0.2) is 0 Å². The second kappa shape index (κ2) is 8.69. The minimum atomic E-state index is -0.674. The standard InChI is InChI=1S/C21H37N3O4.ClH/c1-19(2)13(9-15(19)27-5)23-17(25)11-21(7-8-22-12-21)18(26)24-14-10-16(28-6)20(14,3)4;/h13-16,22H,7-12H2,1-6H3,(H,23,25)(H,24,26);1H. The zero-order valence-electron chi connectivity index (χ0n) is 18.6. The first-order valence-electron chi connectivity index (χ1n) is 10.4. The first-order chi connectivity index (χ1) is 13.1. The summed E-state index contributed by atoms with van der Waals surface area (Å²) in [6.45, 7) is 9.76. The molecule has 0 aromatic carbocycles. The highest BCUT2D eigenvalue weighted by atomic mass is 35.5. The van der Waals surface area contributed by atoms with Gasteiger partial charge in [-0.3, -0.25) is 9.59 Å². The van der Waals surface area contributed by atoms with Crippen molar-refractivity contribution in [3.8, 4) is 0 Å². The van der Waals surface area contributed by atoms with E-state index in [1.807, 2.05) is 0 Å². The van der Waals surface area contributed by atoms with Gasteiger partial charge in [-0.2, -0.15) is 0 Å². The number of methoxy groups -OCH3 is 2. The van der Waals surface area contributed by atoms with Crippen LogP contribution in [0.15, 0.2) is 0 Å². The van der Waals surface area contributed by atoms with Crippen LogP contribution in [0.4, 0.5) is 0 Å². The van der Waals surface area contributed by atoms with Crippen LogP contribution in [0.2, 0.25) is 0 Å². The van der Waals surface area contributed by atoms with Crippen molar-refractivity contribution in [1.29, 1.82) is 0 Å². The Bertz CT molecular complexity index is 619. The van der Waals surface area contributed by atoms with E-state index in [-0.39, 0.29) is 65.8 Å². The summed E-state index contributed by atoms with van der Waals surface area (Å²) >= 11 is 0. The van der Waals surface area contributed by atoms with E-state index in [1.54, 1.807) is 14.2 Å². The fourth-order valence-electron chi connectivity index (χ4n) is 5.09. The lowest BCUT2D eigenvalue weighted by molar-refractivity contribution is -0.146. The molecule has 29 heavy (non-hydrogen) atoms. The van der Waals surface area contributed by atoms with Gasteiger partial charge >= 0.3 is 0 Å². The Kier molecular flexibility index (Phi) is 7.31. The zero-order valence-corrected chi connectivity index (χ0v) is 19.4. The average Bonchev–Trinajstić information content (AvgIpc) is 3.10. The first-order valence-corrected chi connectivity index (χ1v) is 10.4. The molecule has 3 N–H and O–H groups in total. The highest BCUT2D eigenvalue weighted by molar-refractivity contribution is 5.90. The lowest BCUT2D eigenvalue weighted by Gasteiger charge is -2.52. The van der Waals surface area contributed by atoms with Gasteiger partial charge < -0.3 is 25.4 Å². The molecule has 0 aromatic rings. The van der Waals surface area contributed by atoms with Crippen molar-refractivity contribution in [2.75, 3.05) is 27.3 Å². The fraction of sp³-hybridized carbons (Fsp3) is 0.905. The van der Waals surface area contributed by atoms with Crippen molar-refractivity contribution in [2.24, 2.45) is 16.2 Å². The van der Waals surface area contributed by atoms with E-state index in [9.17, 15) is 9.59 Å². The SMILES string of the molecule is COC1CC(NC(=O)CC2(C(=O)NC3CC(OC)C3(C)C)CCNC2)C1(C)C.Cl. The smallest absolute Gasteiger partial charge is 0.228 e. The molecule has 1 aliphatic heterocycles. The van der Waals surface area contributed by atoms with Crippen molar-refractivity contribution in [1.82, 2.24) is 16.0 Å². The molecule has 0 radical (unpaired) electrons. The molecule has 1 heterocycles. The third kappa shape index (κ3) is 4.29. The second-order valence-corrected chi connectivity index (χ2v) is 10.1. The van der Waals surface area contributed by atoms with E-state index in [1.165, 1.54) is 0 Å². The maximum Gasteiger partial charge on any atom is 0.228 e. The van der Waals surface area contributed by atoms with Crippen molar-refractivity contribution in [3.63, 3.8) is 0 Å². The van der Waals surface area contributed by atoms with Crippen LogP contribution in [0.25, 0.3) is 0 Å². The van der Waals surface area contributed by atoms with Crippen LogP contribution < -0.4 is 16.0 Å². The molecule has 1 saturated heterocycles. The summed E-state index contributed by atoms with van der Waals surface area (Å²) in [6, 6.07) is 0.172. The zero-order chi connectivity index (χ0) is 20.7. The Morgan fingerprint density at radius 2 is 1.48 bits per heavy atom. The molecular weight excluding hydrogens is 394 g/mol. The number of ether oxygens (including phenoxy) is 2. The van der Waals surface area contributed by atoms with Gasteiger partial charge in [0.25, 0.3) is 0 Å². The lowest BCUT2D eigenvalue weighted by Crippen LogP contribution is -2.64. The van der Waals surface area contributed by atoms with Crippen molar-refractivity contribution in [3.05, 3.63) is 0 Å². The van der Waals surface area contributed by atoms with Gasteiger partial charge in [0.05, 0.1) is 17.6 Å². The molecule has 0 bridgehead atoms. The number of amides is 2. The summed E-state index contributed by atoms with van der Waals surface area (Å²) in [5, 5.41) is 9.64. The predicted octanol–water partition coefficient (Wildman–Crippen LogP) is 1.64. The molecule has 5 unspecified atom stereocenters. The summed E-state index contributed by atoms with van der Waals surface area (Å²) in [4.78, 5) is 26.0. The Labute approximate surface area is 180 Å². The number of rotatable bonds is 7. The van der Waals surface area contributed by atoms with Crippen LogP contribution in [0.3, 0.4) is 0 Å². The first kappa shape index (κ1) is 24.4. The minimum Gasteiger partial charge on any atom is -0.381 e. The number of hydrogen-bond donors (Lipinski definition) is 3. The predicted molar refractivity (Wildman–Crippen MR) is 114 cm³/mol. The van der Waals surface area contributed by atoms with E-state index in [4.69, 9.17) is 9.47 Å². The molecule has 0 aromatic heterocycles. The molecule has 3 rings (SSSR count). The van der Waals surface area contributed by atoms with Crippen LogP contribution in [-0.2, 0) is 19.1 Å². The topological polar surface area (TPSA) is 88.7 Å². The summed E-state index contributed by atoms with van der Waals surface area (Å²) < 4.78 is 11.0. The van der Waals surface area contributed by atoms with E-state index < -0.39 is 5.41 Å². The van der Waals surface area contributed by atoms with Crippen LogP contribution in [-0.4, -0.2) is 63.4 Å². The quantitative estimate of drug-likeness (QED) is 0.570. The number of halogens is 1. The number of hydrogen-bond acceptors (Lipinski definition) is 5. The van der Waals surface area contributed by atoms with Gasteiger partial charge in [0.1, 0.15) is 0 Å². The fourth-order valence-corrected chi connectivity index (χ4v) is 5.09. The average molecular weight is 432 g/mol. The molecule has 5 atom stereocenters. The van der Waals surface area contributed by atoms with E-state index >= 15 is 0 Å². The molecule has 168 valence electrons. The van der Waals surface area contributed by atoms with Gasteiger partial charge in [-0.1, -0.05) is 27.7 Å². The van der Waals surface area contributed by atoms with Gasteiger partial charge in [0.2, 0.25) is 11.8 Å². The highest BCUT2D eigenvalue weighted by Gasteiger charge is 2.53. The number of carbonyl (C=O) groups is 2. The summed E-state index contributed by atoms with van der Waals surface area (Å²) in [6.07, 6.45) is 2.87. The molecule has 2 amide bonds. The van der Waals surface area contributed by atoms with Crippen LogP contribution in [0, 0.1) is 16.2 Å². The Hall–Kier alpha value is -0.890. The van der Waals surface area contributed by atoms with Gasteiger partial charge in [-0.15, -0.1) is 12.4 Å². The van der Waals surface area contributed by atoms with E-state index in [2.05, 4.69) is 43.6 Å². The van der Waals surface area contributed by atoms with E-state index in [0.29, 0.717) is 13.0 Å². The largest absolute Gasteiger partial charge is 0.381 e. The van der Waals surface area contributed by atoms with Gasteiger partial charge in [-0.05, 0) is 25.8 Å². The summed E-state index contributed by atoms with van der Waals surface area (Å²) in [5.41, 5.74) is -0.850. The van der Waals surface area contributed by atoms with Crippen molar-refractivity contribution < 1.29 is 19.1 Å². The number of carbonyl (C=O) groups excluding carboxylic acids is 2. The van der Waals surface area contributed by atoms with Crippen LogP contribution in [0.5, 0.6) is 0 Å². The minimum absolute atomic E-state index is 0. The van der Waals surface area contributed by atoms with Gasteiger partial charge in [0, 0.05) is 50.1 Å². The molecular formula is C21H38ClN3O4. The third-order valence-electron chi connectivity index (χ3n) is 7.79. The summed E-state index contributed by atoms with van der Waals surface area (Å²) in [5.74, 6) is -0.0583. The maximum absolute atomic E-state index is 13.2. The molecule has 2 aliphatic carbocycles. The Balaban J connectivity index is 0.00000300. The normalized spacial score (nSPS) is 36.9. The van der Waals surface area contributed by atoms with Gasteiger partial charge in [0.15, 0.2) is 0 Å². The Morgan fingerprint density at radius 1 is 0.966 bits per heavy atom. The van der Waals surface area contributed by atoms with Crippen molar-refractivity contribution in [2.45, 2.75) is 77.7 Å². The molecule has 2 saturated carbocycles. The maximum atomic E-state index is 13.2. The van der Waals surface area contributed by atoms with Crippen LogP contribution >= 0.6 is 12.4 Å². The molecule has 0 spiro atoms. The number of nitrogens with one attached hydrogen (secondary N) is 3. The molecule has 3 fully saturated rings. The highest BCUT2D eigenvalue weighted by Crippen LogP contribution is 2.44. The summed E-state index contributed by atoms with van der Waals surface area (Å²) in [7, 11) is 3.43. The monoisotopic (exact) mass is 431 g/mol. The van der Waals surface area contributed by atoms with Crippen molar-refractivity contribution >= 4 is 24.2 Å². The molecule has 7 nitrogen and oxygen atoms in total.